The highest BCUT2D eigenvalue weighted by Gasteiger charge is 2.09. The second-order valence-corrected chi connectivity index (χ2v) is 7.85. The van der Waals surface area contributed by atoms with Gasteiger partial charge in [-0.05, 0) is 42.7 Å². The number of aromatic nitrogens is 2. The third kappa shape index (κ3) is 3.92. The van der Waals surface area contributed by atoms with Gasteiger partial charge in [0.15, 0.2) is 9.84 Å². The minimum atomic E-state index is -3.17. The van der Waals surface area contributed by atoms with Gasteiger partial charge < -0.3 is 4.57 Å². The van der Waals surface area contributed by atoms with Gasteiger partial charge in [0, 0.05) is 30.8 Å². The van der Waals surface area contributed by atoms with Gasteiger partial charge in [-0.25, -0.2) is 13.4 Å². The van der Waals surface area contributed by atoms with Crippen molar-refractivity contribution >= 4 is 9.84 Å². The van der Waals surface area contributed by atoms with Crippen LogP contribution in [0.25, 0.3) is 11.4 Å². The number of hydrogen-bond acceptors (Lipinski definition) is 3. The normalized spacial score (nSPS) is 11.5. The third-order valence-corrected chi connectivity index (χ3v) is 5.09. The summed E-state index contributed by atoms with van der Waals surface area (Å²) in [4.78, 5) is 4.74. The van der Waals surface area contributed by atoms with E-state index in [0.717, 1.165) is 30.8 Å². The summed E-state index contributed by atoms with van der Waals surface area (Å²) in [5, 5.41) is 0. The summed E-state index contributed by atoms with van der Waals surface area (Å²) in [7, 11) is -3.17. The zero-order chi connectivity index (χ0) is 17.0. The molecule has 0 bridgehead atoms. The maximum Gasteiger partial charge on any atom is 0.175 e. The van der Waals surface area contributed by atoms with Crippen molar-refractivity contribution < 1.29 is 8.42 Å². The first-order chi connectivity index (χ1) is 11.5. The first-order valence-corrected chi connectivity index (χ1v) is 9.79. The molecule has 3 rings (SSSR count). The molecule has 1 heterocycles. The lowest BCUT2D eigenvalue weighted by Gasteiger charge is -2.08. The molecule has 0 atom stereocenters. The van der Waals surface area contributed by atoms with Crippen LogP contribution in [0.2, 0.25) is 0 Å². The number of aryl methyl sites for hydroxylation is 2. The maximum absolute atomic E-state index is 11.6. The molecule has 2 aromatic carbocycles. The monoisotopic (exact) mass is 340 g/mol. The number of hydrogen-bond donors (Lipinski definition) is 0. The van der Waals surface area contributed by atoms with E-state index in [2.05, 4.69) is 33.8 Å². The number of nitrogens with zero attached hydrogens (tertiary/aromatic N) is 2. The maximum atomic E-state index is 11.6. The molecule has 0 radical (unpaired) electrons. The lowest BCUT2D eigenvalue weighted by Crippen LogP contribution is -2.02. The Morgan fingerprint density at radius 3 is 2.38 bits per heavy atom. The first-order valence-electron chi connectivity index (χ1n) is 7.89. The molecule has 4 nitrogen and oxygen atoms in total. The minimum absolute atomic E-state index is 0.327. The molecular weight excluding hydrogens is 320 g/mol. The molecule has 0 amide bonds. The number of imidazole rings is 1. The van der Waals surface area contributed by atoms with E-state index in [0.29, 0.717) is 4.90 Å². The highest BCUT2D eigenvalue weighted by atomic mass is 32.2. The van der Waals surface area contributed by atoms with Crippen molar-refractivity contribution in [2.24, 2.45) is 0 Å². The Kier molecular flexibility index (Phi) is 4.81. The van der Waals surface area contributed by atoms with Crippen molar-refractivity contribution in [2.45, 2.75) is 24.3 Å². The predicted octanol–water partition coefficient (Wildman–Crippen LogP) is 3.59. The van der Waals surface area contributed by atoms with Gasteiger partial charge in [-0.2, -0.15) is 0 Å². The molecule has 0 fully saturated rings. The molecule has 0 aliphatic carbocycles. The van der Waals surface area contributed by atoms with Gasteiger partial charge in [0.1, 0.15) is 5.82 Å². The summed E-state index contributed by atoms with van der Waals surface area (Å²) in [6.07, 6.45) is 7.00. The van der Waals surface area contributed by atoms with Crippen molar-refractivity contribution in [3.63, 3.8) is 0 Å². The summed E-state index contributed by atoms with van der Waals surface area (Å²) < 4.78 is 25.2. The minimum Gasteiger partial charge on any atom is -0.331 e. The van der Waals surface area contributed by atoms with Crippen LogP contribution in [0.15, 0.2) is 71.9 Å². The fourth-order valence-electron chi connectivity index (χ4n) is 2.70. The van der Waals surface area contributed by atoms with Crippen LogP contribution in [-0.2, 0) is 22.8 Å². The quantitative estimate of drug-likeness (QED) is 0.689. The molecule has 0 N–H and O–H groups in total. The fourth-order valence-corrected chi connectivity index (χ4v) is 3.33. The molecular formula is C19H20N2O2S. The van der Waals surface area contributed by atoms with E-state index in [9.17, 15) is 8.42 Å². The van der Waals surface area contributed by atoms with Gasteiger partial charge in [0.25, 0.3) is 0 Å². The Balaban J connectivity index is 1.71. The predicted molar refractivity (Wildman–Crippen MR) is 95.5 cm³/mol. The van der Waals surface area contributed by atoms with Gasteiger partial charge >= 0.3 is 0 Å². The van der Waals surface area contributed by atoms with Crippen molar-refractivity contribution in [1.29, 1.82) is 0 Å². The Morgan fingerprint density at radius 1 is 1.00 bits per heavy atom. The second-order valence-electron chi connectivity index (χ2n) is 5.83. The number of rotatable bonds is 6. The summed E-state index contributed by atoms with van der Waals surface area (Å²) in [6, 6.07) is 17.3. The Labute approximate surface area is 142 Å². The first kappa shape index (κ1) is 16.5. The Hall–Kier alpha value is -2.40. The molecule has 3 aromatic rings. The Bertz CT molecular complexity index is 898. The van der Waals surface area contributed by atoms with Crippen molar-refractivity contribution in [3.8, 4) is 11.4 Å². The largest absolute Gasteiger partial charge is 0.331 e. The van der Waals surface area contributed by atoms with Crippen molar-refractivity contribution in [2.75, 3.05) is 6.26 Å². The molecule has 0 unspecified atom stereocenters. The molecule has 0 saturated carbocycles. The van der Waals surface area contributed by atoms with Gasteiger partial charge in [0.2, 0.25) is 0 Å². The molecule has 24 heavy (non-hydrogen) atoms. The van der Waals surface area contributed by atoms with Gasteiger partial charge in [-0.1, -0.05) is 30.3 Å². The van der Waals surface area contributed by atoms with Gasteiger partial charge in [-0.3, -0.25) is 0 Å². The standard InChI is InChI=1S/C19H20N2O2S/c1-24(22,23)18-11-9-17(10-12-18)19-20-13-15-21(19)14-5-8-16-6-3-2-4-7-16/h2-4,6-7,9-13,15H,5,8,14H2,1H3. The van der Waals surface area contributed by atoms with Gasteiger partial charge in [0.05, 0.1) is 4.90 Å². The molecule has 0 saturated heterocycles. The highest BCUT2D eigenvalue weighted by molar-refractivity contribution is 7.90. The van der Waals surface area contributed by atoms with E-state index in [-0.39, 0.29) is 0 Å². The van der Waals surface area contributed by atoms with Crippen molar-refractivity contribution in [3.05, 3.63) is 72.6 Å². The summed E-state index contributed by atoms with van der Waals surface area (Å²) >= 11 is 0. The summed E-state index contributed by atoms with van der Waals surface area (Å²) in [6.45, 7) is 0.873. The van der Waals surface area contributed by atoms with Gasteiger partial charge in [-0.15, -0.1) is 0 Å². The SMILES string of the molecule is CS(=O)(=O)c1ccc(-c2nccn2CCCc2ccccc2)cc1. The van der Waals surface area contributed by atoms with E-state index in [1.54, 1.807) is 18.3 Å². The average Bonchev–Trinajstić information content (AvgIpc) is 3.04. The van der Waals surface area contributed by atoms with Crippen LogP contribution in [-0.4, -0.2) is 24.2 Å². The number of sulfone groups is 1. The van der Waals surface area contributed by atoms with Crippen molar-refractivity contribution in [1.82, 2.24) is 9.55 Å². The zero-order valence-corrected chi connectivity index (χ0v) is 14.4. The topological polar surface area (TPSA) is 52.0 Å². The molecule has 1 aromatic heterocycles. The summed E-state index contributed by atoms with van der Waals surface area (Å²) in [5.74, 6) is 0.864. The van der Waals surface area contributed by atoms with Crippen LogP contribution in [0.5, 0.6) is 0 Å². The third-order valence-electron chi connectivity index (χ3n) is 3.96. The molecule has 124 valence electrons. The molecule has 0 spiro atoms. The molecule has 0 aliphatic heterocycles. The lowest BCUT2D eigenvalue weighted by molar-refractivity contribution is 0.602. The molecule has 5 heteroatoms. The van der Waals surface area contributed by atoms with E-state index < -0.39 is 9.84 Å². The van der Waals surface area contributed by atoms with E-state index in [4.69, 9.17) is 0 Å². The average molecular weight is 340 g/mol. The van der Waals surface area contributed by atoms with Crippen LogP contribution in [0, 0.1) is 0 Å². The van der Waals surface area contributed by atoms with Crippen LogP contribution in [0.4, 0.5) is 0 Å². The van der Waals surface area contributed by atoms with Crippen LogP contribution >= 0.6 is 0 Å². The fraction of sp³-hybridized carbons (Fsp3) is 0.211. The molecule has 0 aliphatic rings. The van der Waals surface area contributed by atoms with Crippen LogP contribution in [0.1, 0.15) is 12.0 Å². The van der Waals surface area contributed by atoms with Crippen LogP contribution in [0.3, 0.4) is 0 Å². The zero-order valence-electron chi connectivity index (χ0n) is 13.6. The Morgan fingerprint density at radius 2 is 1.71 bits per heavy atom. The highest BCUT2D eigenvalue weighted by Crippen LogP contribution is 2.20. The lowest BCUT2D eigenvalue weighted by atomic mass is 10.1. The van der Waals surface area contributed by atoms with Crippen LogP contribution < -0.4 is 0 Å². The van der Waals surface area contributed by atoms with E-state index in [1.807, 2.05) is 24.4 Å². The smallest absolute Gasteiger partial charge is 0.175 e. The number of benzene rings is 2. The second kappa shape index (κ2) is 7.01. The van der Waals surface area contributed by atoms with E-state index >= 15 is 0 Å². The van der Waals surface area contributed by atoms with E-state index in [1.165, 1.54) is 11.8 Å². The summed E-state index contributed by atoms with van der Waals surface area (Å²) in [5.41, 5.74) is 2.25.